The van der Waals surface area contributed by atoms with Crippen molar-refractivity contribution in [1.29, 1.82) is 0 Å². The third-order valence-electron chi connectivity index (χ3n) is 1.07. The Morgan fingerprint density at radius 1 is 1.21 bits per heavy atom. The summed E-state index contributed by atoms with van der Waals surface area (Å²) >= 11 is 0. The molecule has 0 aromatic heterocycles. The van der Waals surface area contributed by atoms with Crippen molar-refractivity contribution in [1.82, 2.24) is 0 Å². The summed E-state index contributed by atoms with van der Waals surface area (Å²) in [5, 5.41) is 16.5. The van der Waals surface area contributed by atoms with Gasteiger partial charge >= 0.3 is 11.9 Å². The van der Waals surface area contributed by atoms with Crippen LogP contribution < -0.4 is 0 Å². The van der Waals surface area contributed by atoms with Crippen LogP contribution in [0.4, 0.5) is 0 Å². The molecule has 0 saturated heterocycles. The van der Waals surface area contributed by atoms with Gasteiger partial charge in [-0.15, -0.1) is 0 Å². The van der Waals surface area contributed by atoms with Gasteiger partial charge in [0.05, 0.1) is 0 Å². The minimum atomic E-state index is -0.785. The summed E-state index contributed by atoms with van der Waals surface area (Å²) in [6.45, 7) is -0.0533. The molecule has 0 saturated carbocycles. The molecule has 0 radical (unpaired) electrons. The molecular formula is C7H14O7. The predicted molar refractivity (Wildman–Crippen MR) is 44.3 cm³/mol. The molecule has 0 spiro atoms. The average Bonchev–Trinajstić information content (AvgIpc) is 2.13. The van der Waals surface area contributed by atoms with Crippen molar-refractivity contribution in [3.05, 3.63) is 0 Å². The van der Waals surface area contributed by atoms with Gasteiger partial charge in [-0.3, -0.25) is 0 Å². The molecule has 84 valence electrons. The Hall–Kier alpha value is -1.18. The van der Waals surface area contributed by atoms with Gasteiger partial charge in [-0.05, 0) is 6.92 Å². The largest absolute Gasteiger partial charge is 0.460 e. The summed E-state index contributed by atoms with van der Waals surface area (Å²) < 4.78 is 9.00. The highest BCUT2D eigenvalue weighted by atomic mass is 16.6. The molecule has 0 aromatic rings. The lowest BCUT2D eigenvalue weighted by molar-refractivity contribution is -0.161. The first-order chi connectivity index (χ1) is 6.10. The number of aliphatic hydroxyl groups is 2. The molecular weight excluding hydrogens is 196 g/mol. The highest BCUT2D eigenvalue weighted by Gasteiger charge is 2.10. The molecule has 7 heteroatoms. The maximum absolute atomic E-state index is 10.5. The number of carbonyl (C=O) groups is 2. The van der Waals surface area contributed by atoms with Crippen LogP contribution in [0.1, 0.15) is 6.92 Å². The lowest BCUT2D eigenvalue weighted by Crippen LogP contribution is -2.24. The van der Waals surface area contributed by atoms with Gasteiger partial charge in [0.15, 0.2) is 0 Å². The molecule has 0 fully saturated rings. The van der Waals surface area contributed by atoms with Gasteiger partial charge in [-0.1, -0.05) is 0 Å². The topological polar surface area (TPSA) is 125 Å². The summed E-state index contributed by atoms with van der Waals surface area (Å²) in [5.74, 6) is -1.57. The first-order valence-corrected chi connectivity index (χ1v) is 3.67. The number of hydrogen-bond acceptors (Lipinski definition) is 6. The second-order valence-electron chi connectivity index (χ2n) is 2.30. The predicted octanol–water partition coefficient (Wildman–Crippen LogP) is -2.38. The molecule has 0 aliphatic heterocycles. The molecule has 4 N–H and O–H groups in total. The average molecular weight is 210 g/mol. The SMILES string of the molecule is CC(COC(=O)CO)OC(=O)CO.O. The van der Waals surface area contributed by atoms with Crippen LogP contribution in [-0.4, -0.2) is 53.6 Å². The Kier molecular flexibility index (Phi) is 9.20. The smallest absolute Gasteiger partial charge is 0.332 e. The Bertz CT molecular complexity index is 179. The van der Waals surface area contributed by atoms with Gasteiger partial charge in [-0.25, -0.2) is 9.59 Å². The fourth-order valence-electron chi connectivity index (χ4n) is 0.552. The van der Waals surface area contributed by atoms with E-state index < -0.39 is 31.3 Å². The first kappa shape index (κ1) is 15.3. The molecule has 7 nitrogen and oxygen atoms in total. The Morgan fingerprint density at radius 3 is 2.14 bits per heavy atom. The second-order valence-corrected chi connectivity index (χ2v) is 2.30. The standard InChI is InChI=1S/C7H12O6.H2O/c1-5(13-7(11)3-9)4-12-6(10)2-8;/h5,8-9H,2-4H2,1H3;1H2. The molecule has 0 aliphatic rings. The second kappa shape index (κ2) is 8.42. The van der Waals surface area contributed by atoms with E-state index in [1.807, 2.05) is 0 Å². The van der Waals surface area contributed by atoms with Crippen molar-refractivity contribution in [3.8, 4) is 0 Å². The molecule has 0 bridgehead atoms. The minimum absolute atomic E-state index is 0. The molecule has 0 amide bonds. The molecule has 1 atom stereocenters. The van der Waals surface area contributed by atoms with Crippen molar-refractivity contribution in [3.63, 3.8) is 0 Å². The van der Waals surface area contributed by atoms with Crippen LogP contribution >= 0.6 is 0 Å². The highest BCUT2D eigenvalue weighted by Crippen LogP contribution is 1.92. The lowest BCUT2D eigenvalue weighted by Gasteiger charge is -2.11. The first-order valence-electron chi connectivity index (χ1n) is 3.67. The Morgan fingerprint density at radius 2 is 1.71 bits per heavy atom. The van der Waals surface area contributed by atoms with Crippen LogP contribution in [0.15, 0.2) is 0 Å². The molecule has 1 unspecified atom stereocenters. The third-order valence-corrected chi connectivity index (χ3v) is 1.07. The fraction of sp³-hybridized carbons (Fsp3) is 0.714. The number of esters is 2. The third kappa shape index (κ3) is 7.47. The van der Waals surface area contributed by atoms with Gasteiger partial charge in [-0.2, -0.15) is 0 Å². The highest BCUT2D eigenvalue weighted by molar-refractivity contribution is 5.71. The maximum Gasteiger partial charge on any atom is 0.332 e. The maximum atomic E-state index is 10.5. The molecule has 14 heavy (non-hydrogen) atoms. The van der Waals surface area contributed by atoms with E-state index in [1.54, 1.807) is 0 Å². The van der Waals surface area contributed by atoms with E-state index in [0.717, 1.165) is 0 Å². The van der Waals surface area contributed by atoms with Crippen molar-refractivity contribution >= 4 is 11.9 Å². The van der Waals surface area contributed by atoms with Crippen molar-refractivity contribution in [2.75, 3.05) is 19.8 Å². The van der Waals surface area contributed by atoms with Crippen LogP contribution in [0.2, 0.25) is 0 Å². The number of rotatable bonds is 5. The monoisotopic (exact) mass is 210 g/mol. The summed E-state index contributed by atoms with van der Waals surface area (Å²) in [6.07, 6.45) is -0.629. The molecule has 0 aromatic carbocycles. The van der Waals surface area contributed by atoms with Gasteiger partial charge in [0.25, 0.3) is 0 Å². The minimum Gasteiger partial charge on any atom is -0.460 e. The summed E-state index contributed by atoms with van der Waals surface area (Å²) in [4.78, 5) is 20.9. The lowest BCUT2D eigenvalue weighted by atomic mass is 10.4. The van der Waals surface area contributed by atoms with Crippen LogP contribution in [-0.2, 0) is 19.1 Å². The van der Waals surface area contributed by atoms with Crippen LogP contribution in [0.3, 0.4) is 0 Å². The van der Waals surface area contributed by atoms with Gasteiger partial charge < -0.3 is 25.2 Å². The van der Waals surface area contributed by atoms with Gasteiger partial charge in [0.2, 0.25) is 0 Å². The fourth-order valence-corrected chi connectivity index (χ4v) is 0.552. The van der Waals surface area contributed by atoms with Crippen molar-refractivity contribution in [2.24, 2.45) is 0 Å². The normalized spacial score (nSPS) is 11.1. The summed E-state index contributed by atoms with van der Waals surface area (Å²) in [7, 11) is 0. The molecule has 0 heterocycles. The molecule has 0 rings (SSSR count). The summed E-state index contributed by atoms with van der Waals surface area (Å²) in [5.41, 5.74) is 0. The van der Waals surface area contributed by atoms with Gasteiger partial charge in [0.1, 0.15) is 25.9 Å². The number of carbonyl (C=O) groups excluding carboxylic acids is 2. The zero-order valence-electron chi connectivity index (χ0n) is 7.73. The van der Waals surface area contributed by atoms with E-state index in [9.17, 15) is 9.59 Å². The Balaban J connectivity index is 0. The zero-order valence-corrected chi connectivity index (χ0v) is 7.73. The van der Waals surface area contributed by atoms with E-state index in [1.165, 1.54) is 6.92 Å². The Labute approximate surface area is 80.5 Å². The van der Waals surface area contributed by atoms with E-state index in [4.69, 9.17) is 10.2 Å². The number of ether oxygens (including phenoxy) is 2. The van der Waals surface area contributed by atoms with E-state index in [2.05, 4.69) is 9.47 Å². The quantitative estimate of drug-likeness (QED) is 0.488. The zero-order chi connectivity index (χ0) is 10.3. The van der Waals surface area contributed by atoms with E-state index in [-0.39, 0.29) is 12.1 Å². The van der Waals surface area contributed by atoms with Crippen LogP contribution in [0, 0.1) is 0 Å². The van der Waals surface area contributed by atoms with Crippen molar-refractivity contribution < 1.29 is 34.8 Å². The molecule has 0 aliphatic carbocycles. The summed E-state index contributed by atoms with van der Waals surface area (Å²) in [6, 6.07) is 0. The van der Waals surface area contributed by atoms with Gasteiger partial charge in [0, 0.05) is 0 Å². The van der Waals surface area contributed by atoms with Crippen LogP contribution in [0.5, 0.6) is 0 Å². The van der Waals surface area contributed by atoms with E-state index in [0.29, 0.717) is 0 Å². The number of hydrogen-bond donors (Lipinski definition) is 2. The number of aliphatic hydroxyl groups excluding tert-OH is 2. The van der Waals surface area contributed by atoms with Crippen LogP contribution in [0.25, 0.3) is 0 Å². The van der Waals surface area contributed by atoms with Crippen molar-refractivity contribution in [2.45, 2.75) is 13.0 Å². The van der Waals surface area contributed by atoms with E-state index >= 15 is 0 Å².